The maximum absolute atomic E-state index is 14.3. The minimum atomic E-state index is -4.57. The summed E-state index contributed by atoms with van der Waals surface area (Å²) in [7, 11) is -3.68. The lowest BCUT2D eigenvalue weighted by molar-refractivity contribution is -0.137. The lowest BCUT2D eigenvalue weighted by Gasteiger charge is -2.16. The molecule has 0 saturated heterocycles. The predicted molar refractivity (Wildman–Crippen MR) is 118 cm³/mol. The number of rotatable bonds is 7. The fourth-order valence-corrected chi connectivity index (χ4v) is 3.69. The van der Waals surface area contributed by atoms with Crippen LogP contribution in [0.5, 0.6) is 0 Å². The molecule has 0 fully saturated rings. The molecule has 0 spiro atoms. The van der Waals surface area contributed by atoms with Crippen LogP contribution in [0.1, 0.15) is 29.5 Å². The Bertz CT molecular complexity index is 1300. The monoisotopic (exact) mass is 496 g/mol. The second kappa shape index (κ2) is 9.75. The zero-order valence-corrected chi connectivity index (χ0v) is 18.8. The van der Waals surface area contributed by atoms with E-state index in [0.717, 1.165) is 24.5 Å². The van der Waals surface area contributed by atoms with Crippen molar-refractivity contribution in [3.8, 4) is 11.4 Å². The average Bonchev–Trinajstić information content (AvgIpc) is 2.77. The molecule has 0 bridgehead atoms. The number of aromatic nitrogens is 2. The van der Waals surface area contributed by atoms with Crippen LogP contribution < -0.4 is 10.0 Å². The number of carbonyl (C=O) groups is 1. The molecule has 2 N–H and O–H groups in total. The summed E-state index contributed by atoms with van der Waals surface area (Å²) in [6.45, 7) is 1.40. The van der Waals surface area contributed by atoms with Gasteiger partial charge in [-0.2, -0.15) is 13.2 Å². The summed E-state index contributed by atoms with van der Waals surface area (Å²) < 4.78 is 78.5. The second-order valence-corrected chi connectivity index (χ2v) is 9.24. The van der Waals surface area contributed by atoms with Crippen molar-refractivity contribution in [1.29, 1.82) is 0 Å². The molecular formula is C22H20F4N4O3S. The Morgan fingerprint density at radius 3 is 2.35 bits per heavy atom. The van der Waals surface area contributed by atoms with Gasteiger partial charge in [-0.3, -0.25) is 9.52 Å². The standard InChI is InChI=1S/C22H20F4N4O3S/c1-13(14-5-7-19(18(23)10-14)30-34(2,32)33)21(31)29-12-15-4-6-16(22(24,25)26)11-17(15)20-27-8-3-9-28-20/h3-11,13,30H,12H2,1-2H3,(H,29,31). The SMILES string of the molecule is CC(C(=O)NCc1ccc(C(F)(F)F)cc1-c1ncccn1)c1ccc(NS(C)(=O)=O)c(F)c1. The van der Waals surface area contributed by atoms with Gasteiger partial charge >= 0.3 is 6.18 Å². The van der Waals surface area contributed by atoms with Crippen molar-refractivity contribution in [2.45, 2.75) is 25.6 Å². The highest BCUT2D eigenvalue weighted by Gasteiger charge is 2.31. The second-order valence-electron chi connectivity index (χ2n) is 7.50. The van der Waals surface area contributed by atoms with Gasteiger partial charge in [0.05, 0.1) is 23.4 Å². The number of halogens is 4. The van der Waals surface area contributed by atoms with Crippen molar-refractivity contribution < 1.29 is 30.8 Å². The first-order valence-corrected chi connectivity index (χ1v) is 11.8. The molecule has 34 heavy (non-hydrogen) atoms. The van der Waals surface area contributed by atoms with E-state index in [2.05, 4.69) is 15.3 Å². The van der Waals surface area contributed by atoms with Crippen molar-refractivity contribution in [2.75, 3.05) is 11.0 Å². The summed E-state index contributed by atoms with van der Waals surface area (Å²) in [5.74, 6) is -2.12. The van der Waals surface area contributed by atoms with Crippen molar-refractivity contribution in [3.05, 3.63) is 77.4 Å². The summed E-state index contributed by atoms with van der Waals surface area (Å²) in [6.07, 6.45) is -0.901. The third kappa shape index (κ3) is 6.28. The zero-order valence-electron chi connectivity index (χ0n) is 18.0. The lowest BCUT2D eigenvalue weighted by atomic mass is 9.99. The van der Waals surface area contributed by atoms with E-state index >= 15 is 0 Å². The molecule has 0 aliphatic rings. The lowest BCUT2D eigenvalue weighted by Crippen LogP contribution is -2.28. The molecule has 12 heteroatoms. The summed E-state index contributed by atoms with van der Waals surface area (Å²) in [6, 6.07) is 8.24. The van der Waals surface area contributed by atoms with Gasteiger partial charge in [0, 0.05) is 24.5 Å². The molecule has 3 aromatic rings. The maximum Gasteiger partial charge on any atom is 0.416 e. The van der Waals surface area contributed by atoms with E-state index in [4.69, 9.17) is 0 Å². The molecule has 0 saturated carbocycles. The van der Waals surface area contributed by atoms with Crippen LogP contribution in [0.4, 0.5) is 23.2 Å². The Morgan fingerprint density at radius 1 is 1.09 bits per heavy atom. The van der Waals surface area contributed by atoms with Crippen LogP contribution >= 0.6 is 0 Å². The molecule has 0 aliphatic carbocycles. The van der Waals surface area contributed by atoms with Gasteiger partial charge in [0.1, 0.15) is 5.82 Å². The van der Waals surface area contributed by atoms with Crippen molar-refractivity contribution in [2.24, 2.45) is 0 Å². The Kier molecular flexibility index (Phi) is 7.20. The number of hydrogen-bond donors (Lipinski definition) is 2. The van der Waals surface area contributed by atoms with E-state index in [9.17, 15) is 30.8 Å². The van der Waals surface area contributed by atoms with Gasteiger partial charge in [0.2, 0.25) is 15.9 Å². The molecule has 7 nitrogen and oxygen atoms in total. The summed E-state index contributed by atoms with van der Waals surface area (Å²) in [4.78, 5) is 20.7. The van der Waals surface area contributed by atoms with Gasteiger partial charge in [-0.25, -0.2) is 22.8 Å². The Labute approximate surface area is 193 Å². The van der Waals surface area contributed by atoms with Crippen LogP contribution in [-0.2, 0) is 27.5 Å². The van der Waals surface area contributed by atoms with E-state index in [1.54, 1.807) is 0 Å². The Hall–Kier alpha value is -3.54. The van der Waals surface area contributed by atoms with E-state index in [0.29, 0.717) is 5.56 Å². The van der Waals surface area contributed by atoms with E-state index in [1.807, 2.05) is 4.72 Å². The van der Waals surface area contributed by atoms with Crippen LogP contribution in [0.25, 0.3) is 11.4 Å². The van der Waals surface area contributed by atoms with Crippen molar-refractivity contribution in [3.63, 3.8) is 0 Å². The highest BCUT2D eigenvalue weighted by Crippen LogP contribution is 2.33. The van der Waals surface area contributed by atoms with Crippen molar-refractivity contribution >= 4 is 21.6 Å². The maximum atomic E-state index is 14.3. The fourth-order valence-electron chi connectivity index (χ4n) is 3.12. The van der Waals surface area contributed by atoms with Crippen LogP contribution in [0.2, 0.25) is 0 Å². The van der Waals surface area contributed by atoms with Gasteiger partial charge in [-0.05, 0) is 48.4 Å². The van der Waals surface area contributed by atoms with Crippen LogP contribution in [0.15, 0.2) is 54.9 Å². The third-order valence-electron chi connectivity index (χ3n) is 4.88. The van der Waals surface area contributed by atoms with Gasteiger partial charge in [-0.1, -0.05) is 12.1 Å². The molecule has 2 aromatic carbocycles. The highest BCUT2D eigenvalue weighted by atomic mass is 32.2. The van der Waals surface area contributed by atoms with E-state index < -0.39 is 39.4 Å². The number of nitrogens with zero attached hydrogens (tertiary/aromatic N) is 2. The molecular weight excluding hydrogens is 476 g/mol. The molecule has 1 aromatic heterocycles. The Balaban J connectivity index is 1.80. The highest BCUT2D eigenvalue weighted by molar-refractivity contribution is 7.92. The Morgan fingerprint density at radius 2 is 1.76 bits per heavy atom. The normalized spacial score (nSPS) is 12.8. The third-order valence-corrected chi connectivity index (χ3v) is 5.47. The predicted octanol–water partition coefficient (Wildman–Crippen LogP) is 4.09. The van der Waals surface area contributed by atoms with Gasteiger partial charge in [-0.15, -0.1) is 0 Å². The fraction of sp³-hybridized carbons (Fsp3) is 0.227. The molecule has 0 radical (unpaired) electrons. The molecule has 3 rings (SSSR count). The van der Waals surface area contributed by atoms with Crippen LogP contribution in [0.3, 0.4) is 0 Å². The first kappa shape index (κ1) is 25.1. The first-order chi connectivity index (χ1) is 15.8. The summed E-state index contributed by atoms with van der Waals surface area (Å²) >= 11 is 0. The number of hydrogen-bond acceptors (Lipinski definition) is 5. The smallest absolute Gasteiger partial charge is 0.351 e. The topological polar surface area (TPSA) is 101 Å². The molecule has 1 heterocycles. The number of anilines is 1. The largest absolute Gasteiger partial charge is 0.416 e. The molecule has 1 unspecified atom stereocenters. The molecule has 180 valence electrons. The van der Waals surface area contributed by atoms with Crippen LogP contribution in [-0.4, -0.2) is 30.5 Å². The number of sulfonamides is 1. The van der Waals surface area contributed by atoms with E-state index in [-0.39, 0.29) is 29.2 Å². The van der Waals surface area contributed by atoms with Crippen LogP contribution in [0, 0.1) is 5.82 Å². The summed E-state index contributed by atoms with van der Waals surface area (Å²) in [5.41, 5.74) is -0.370. The van der Waals surface area contributed by atoms with Gasteiger partial charge < -0.3 is 5.32 Å². The number of amides is 1. The number of benzene rings is 2. The van der Waals surface area contributed by atoms with E-state index in [1.165, 1.54) is 43.6 Å². The number of nitrogens with one attached hydrogen (secondary N) is 2. The van der Waals surface area contributed by atoms with Gasteiger partial charge in [0.25, 0.3) is 0 Å². The number of carbonyl (C=O) groups excluding carboxylic acids is 1. The molecule has 0 aliphatic heterocycles. The zero-order chi connectivity index (χ0) is 25.1. The first-order valence-electron chi connectivity index (χ1n) is 9.87. The average molecular weight is 496 g/mol. The summed E-state index contributed by atoms with van der Waals surface area (Å²) in [5, 5.41) is 2.63. The molecule has 1 amide bonds. The molecule has 1 atom stereocenters. The van der Waals surface area contributed by atoms with Crippen molar-refractivity contribution in [1.82, 2.24) is 15.3 Å². The minimum Gasteiger partial charge on any atom is -0.351 e. The quantitative estimate of drug-likeness (QED) is 0.480. The minimum absolute atomic E-state index is 0.0712. The number of alkyl halides is 3. The van der Waals surface area contributed by atoms with Gasteiger partial charge in [0.15, 0.2) is 5.82 Å².